The highest BCUT2D eigenvalue weighted by molar-refractivity contribution is 7.26. The van der Waals surface area contributed by atoms with Gasteiger partial charge in [0.25, 0.3) is 0 Å². The van der Waals surface area contributed by atoms with Crippen LogP contribution in [0.15, 0.2) is 183 Å². The first-order valence-corrected chi connectivity index (χ1v) is 18.6. The summed E-state index contributed by atoms with van der Waals surface area (Å²) in [6, 6.07) is 57.3. The second-order valence-corrected chi connectivity index (χ2v) is 14.4. The second-order valence-electron chi connectivity index (χ2n) is 13.3. The van der Waals surface area contributed by atoms with Crippen LogP contribution >= 0.6 is 11.3 Å². The Balaban J connectivity index is 1.21. The van der Waals surface area contributed by atoms with Gasteiger partial charge >= 0.3 is 0 Å². The van der Waals surface area contributed by atoms with Gasteiger partial charge in [-0.15, -0.1) is 11.3 Å². The first-order chi connectivity index (χ1) is 25.7. The number of allylic oxidation sites excluding steroid dienone is 5. The molecule has 0 N–H and O–H groups in total. The van der Waals surface area contributed by atoms with Gasteiger partial charge in [-0.2, -0.15) is 0 Å². The summed E-state index contributed by atoms with van der Waals surface area (Å²) in [6.07, 6.45) is 6.42. The molecule has 0 aliphatic carbocycles. The van der Waals surface area contributed by atoms with E-state index in [-0.39, 0.29) is 0 Å². The van der Waals surface area contributed by atoms with Crippen molar-refractivity contribution in [3.63, 3.8) is 0 Å². The number of aromatic nitrogens is 2. The fourth-order valence-electron chi connectivity index (χ4n) is 8.05. The molecule has 0 spiro atoms. The molecule has 3 heteroatoms. The van der Waals surface area contributed by atoms with Gasteiger partial charge in [0.15, 0.2) is 0 Å². The van der Waals surface area contributed by atoms with Crippen LogP contribution in [-0.4, -0.2) is 9.13 Å². The summed E-state index contributed by atoms with van der Waals surface area (Å²) in [4.78, 5) is 0. The summed E-state index contributed by atoms with van der Waals surface area (Å²) in [5, 5.41) is 7.61. The summed E-state index contributed by atoms with van der Waals surface area (Å²) in [5.41, 5.74) is 11.8. The first-order valence-electron chi connectivity index (χ1n) is 17.7. The second kappa shape index (κ2) is 12.1. The molecule has 10 aromatic rings. The van der Waals surface area contributed by atoms with Crippen molar-refractivity contribution in [2.75, 3.05) is 0 Å². The van der Waals surface area contributed by atoms with Gasteiger partial charge in [-0.3, -0.25) is 0 Å². The summed E-state index contributed by atoms with van der Waals surface area (Å²) >= 11 is 1.88. The van der Waals surface area contributed by atoms with E-state index in [2.05, 4.69) is 193 Å². The molecule has 7 aromatic carbocycles. The van der Waals surface area contributed by atoms with Crippen LogP contribution in [0, 0.1) is 0 Å². The number of para-hydroxylation sites is 2. The number of hydrogen-bond donors (Lipinski definition) is 0. The van der Waals surface area contributed by atoms with Crippen molar-refractivity contribution < 1.29 is 0 Å². The molecule has 0 saturated carbocycles. The van der Waals surface area contributed by atoms with Gasteiger partial charge in [-0.1, -0.05) is 122 Å². The van der Waals surface area contributed by atoms with Crippen LogP contribution in [0.3, 0.4) is 0 Å². The highest BCUT2D eigenvalue weighted by atomic mass is 32.1. The zero-order valence-electron chi connectivity index (χ0n) is 28.8. The Morgan fingerprint density at radius 3 is 1.83 bits per heavy atom. The van der Waals surface area contributed by atoms with Gasteiger partial charge in [0, 0.05) is 53.1 Å². The SMILES string of the molecule is C=C/C(=C\C(=C/C)c1ccccc1)n1c2ccccc2c2cc3c(cc21)sc1cc2c(cc13)c1ccccc1n2-c1cccc(-c2ccccc2)c1. The molecule has 0 aliphatic rings. The largest absolute Gasteiger partial charge is 0.309 e. The summed E-state index contributed by atoms with van der Waals surface area (Å²) in [7, 11) is 0. The smallest absolute Gasteiger partial charge is 0.0555 e. The predicted octanol–water partition coefficient (Wildman–Crippen LogP) is 14.1. The third-order valence-corrected chi connectivity index (χ3v) is 11.6. The molecule has 0 atom stereocenters. The van der Waals surface area contributed by atoms with Crippen LogP contribution in [0.5, 0.6) is 0 Å². The summed E-state index contributed by atoms with van der Waals surface area (Å²) < 4.78 is 7.38. The van der Waals surface area contributed by atoms with E-state index in [0.717, 1.165) is 11.3 Å². The topological polar surface area (TPSA) is 9.86 Å². The Bertz CT molecular complexity index is 3080. The minimum Gasteiger partial charge on any atom is -0.309 e. The van der Waals surface area contributed by atoms with E-state index >= 15 is 0 Å². The molecule has 0 saturated heterocycles. The molecule has 0 aliphatic heterocycles. The number of rotatable bonds is 6. The van der Waals surface area contributed by atoms with Gasteiger partial charge in [0.05, 0.1) is 22.1 Å². The monoisotopic (exact) mass is 682 g/mol. The van der Waals surface area contributed by atoms with Crippen molar-refractivity contribution in [2.45, 2.75) is 6.92 Å². The lowest BCUT2D eigenvalue weighted by atomic mass is 10.0. The standard InChI is InChI=1S/C49H34N2S/c1-3-32(33-16-7-5-8-17-33)26-36(4-2)50-44-24-13-11-22-38(44)40-28-42-43-29-41-39-23-12-14-25-45(39)51(47(41)31-49(43)52-48(42)30-46(40)50)37-21-15-20-35(27-37)34-18-9-6-10-19-34/h3-31H,2H2,1H3/b32-3+,36-26+. The number of hydrogen-bond acceptors (Lipinski definition) is 1. The maximum atomic E-state index is 4.30. The molecule has 0 bridgehead atoms. The molecule has 0 amide bonds. The Morgan fingerprint density at radius 1 is 0.519 bits per heavy atom. The normalized spacial score (nSPS) is 12.6. The quantitative estimate of drug-likeness (QED) is 0.155. The predicted molar refractivity (Wildman–Crippen MR) is 227 cm³/mol. The molecule has 0 fully saturated rings. The van der Waals surface area contributed by atoms with Gasteiger partial charge in [-0.25, -0.2) is 0 Å². The lowest BCUT2D eigenvalue weighted by Gasteiger charge is -2.11. The molecule has 10 rings (SSSR count). The Kier molecular flexibility index (Phi) is 7.09. The molecule has 0 radical (unpaired) electrons. The van der Waals surface area contributed by atoms with E-state index in [1.165, 1.54) is 86.2 Å². The molecular formula is C49H34N2S. The zero-order chi connectivity index (χ0) is 34.8. The van der Waals surface area contributed by atoms with Crippen LogP contribution in [0.4, 0.5) is 0 Å². The molecule has 2 nitrogen and oxygen atoms in total. The zero-order valence-corrected chi connectivity index (χ0v) is 29.6. The van der Waals surface area contributed by atoms with Crippen molar-refractivity contribution in [3.8, 4) is 16.8 Å². The van der Waals surface area contributed by atoms with Crippen molar-refractivity contribution in [3.05, 3.63) is 188 Å². The number of thiophene rings is 1. The van der Waals surface area contributed by atoms with E-state index in [1.54, 1.807) is 0 Å². The Labute approximate surface area is 306 Å². The van der Waals surface area contributed by atoms with Crippen LogP contribution in [0.2, 0.25) is 0 Å². The molecule has 3 heterocycles. The van der Waals surface area contributed by atoms with Crippen molar-refractivity contribution >= 4 is 86.4 Å². The first kappa shape index (κ1) is 30.4. The van der Waals surface area contributed by atoms with Crippen LogP contribution in [0.1, 0.15) is 12.5 Å². The third-order valence-electron chi connectivity index (χ3n) is 10.5. The number of nitrogens with zero attached hydrogens (tertiary/aromatic N) is 2. The lowest BCUT2D eigenvalue weighted by molar-refractivity contribution is 1.18. The Hall–Kier alpha value is -6.42. The molecule has 0 unspecified atom stereocenters. The minimum absolute atomic E-state index is 1.05. The van der Waals surface area contributed by atoms with Crippen molar-refractivity contribution in [1.29, 1.82) is 0 Å². The van der Waals surface area contributed by atoms with E-state index in [1.807, 2.05) is 17.4 Å². The summed E-state index contributed by atoms with van der Waals surface area (Å²) in [6.45, 7) is 6.40. The Morgan fingerprint density at radius 2 is 1.12 bits per heavy atom. The maximum absolute atomic E-state index is 4.30. The van der Waals surface area contributed by atoms with Gasteiger partial charge in [-0.05, 0) is 89.9 Å². The highest BCUT2D eigenvalue weighted by Crippen LogP contribution is 2.44. The maximum Gasteiger partial charge on any atom is 0.0555 e. The van der Waals surface area contributed by atoms with Crippen LogP contribution < -0.4 is 0 Å². The van der Waals surface area contributed by atoms with Crippen molar-refractivity contribution in [2.24, 2.45) is 0 Å². The number of fused-ring (bicyclic) bond motifs is 9. The summed E-state index contributed by atoms with van der Waals surface area (Å²) in [5.74, 6) is 0. The van der Waals surface area contributed by atoms with E-state index in [9.17, 15) is 0 Å². The van der Waals surface area contributed by atoms with Crippen LogP contribution in [0.25, 0.3) is 91.9 Å². The molecule has 246 valence electrons. The van der Waals surface area contributed by atoms with E-state index in [4.69, 9.17) is 0 Å². The minimum atomic E-state index is 1.05. The molecule has 3 aromatic heterocycles. The van der Waals surface area contributed by atoms with Gasteiger partial charge < -0.3 is 9.13 Å². The lowest BCUT2D eigenvalue weighted by Crippen LogP contribution is -1.95. The van der Waals surface area contributed by atoms with Crippen LogP contribution in [-0.2, 0) is 0 Å². The molecular weight excluding hydrogens is 649 g/mol. The van der Waals surface area contributed by atoms with E-state index in [0.29, 0.717) is 0 Å². The average Bonchev–Trinajstić information content (AvgIpc) is 3.84. The number of benzene rings is 7. The highest BCUT2D eigenvalue weighted by Gasteiger charge is 2.19. The van der Waals surface area contributed by atoms with Gasteiger partial charge in [0.1, 0.15) is 0 Å². The molecule has 52 heavy (non-hydrogen) atoms. The third kappa shape index (κ3) is 4.71. The van der Waals surface area contributed by atoms with Gasteiger partial charge in [0.2, 0.25) is 0 Å². The fraction of sp³-hybridized carbons (Fsp3) is 0.0204. The van der Waals surface area contributed by atoms with Crippen molar-refractivity contribution in [1.82, 2.24) is 9.13 Å². The fourth-order valence-corrected chi connectivity index (χ4v) is 9.19. The van der Waals surface area contributed by atoms with E-state index < -0.39 is 0 Å². The average molecular weight is 683 g/mol.